The largest absolute Gasteiger partial charge is 0.497 e. The number of hydrogen-bond donors (Lipinski definition) is 2. The summed E-state index contributed by atoms with van der Waals surface area (Å²) in [7, 11) is 1.66. The van der Waals surface area contributed by atoms with E-state index >= 15 is 0 Å². The van der Waals surface area contributed by atoms with E-state index in [1.807, 2.05) is 24.3 Å². The zero-order valence-corrected chi connectivity index (χ0v) is 12.5. The van der Waals surface area contributed by atoms with Crippen molar-refractivity contribution in [3.05, 3.63) is 53.6 Å². The molecular formula is C18H19NO3. The minimum atomic E-state index is -0.963. The highest BCUT2D eigenvalue weighted by atomic mass is 16.5. The van der Waals surface area contributed by atoms with E-state index in [9.17, 15) is 4.79 Å². The number of aryl methyl sites for hydroxylation is 1. The molecule has 1 aliphatic carbocycles. The second-order valence-electron chi connectivity index (χ2n) is 5.54. The number of ether oxygens (including phenoxy) is 1. The van der Waals surface area contributed by atoms with Gasteiger partial charge in [0.2, 0.25) is 0 Å². The zero-order chi connectivity index (χ0) is 15.5. The lowest BCUT2D eigenvalue weighted by Crippen LogP contribution is -2.29. The fourth-order valence-electron chi connectivity index (χ4n) is 3.10. The van der Waals surface area contributed by atoms with Crippen molar-refractivity contribution in [3.63, 3.8) is 0 Å². The van der Waals surface area contributed by atoms with Gasteiger partial charge in [0.25, 0.3) is 0 Å². The van der Waals surface area contributed by atoms with Gasteiger partial charge in [0.05, 0.1) is 13.2 Å². The summed E-state index contributed by atoms with van der Waals surface area (Å²) in [5.74, 6) is 0.834. The third-order valence-corrected chi connectivity index (χ3v) is 4.16. The summed E-state index contributed by atoms with van der Waals surface area (Å²) in [5.41, 5.74) is 4.56. The monoisotopic (exact) mass is 297 g/mol. The minimum Gasteiger partial charge on any atom is -0.497 e. The number of carbonyl (C=O) groups is 1. The lowest BCUT2D eigenvalue weighted by molar-refractivity contribution is 0.188. The number of fused-ring (bicyclic) bond motifs is 1. The number of carboxylic acid groups (broad SMARTS) is 1. The summed E-state index contributed by atoms with van der Waals surface area (Å²) in [6.45, 7) is 0. The summed E-state index contributed by atoms with van der Waals surface area (Å²) in [6, 6.07) is 14.1. The summed E-state index contributed by atoms with van der Waals surface area (Å²) >= 11 is 0. The van der Waals surface area contributed by atoms with Crippen molar-refractivity contribution < 1.29 is 14.6 Å². The third kappa shape index (κ3) is 2.91. The van der Waals surface area contributed by atoms with Crippen LogP contribution in [0.4, 0.5) is 4.79 Å². The molecule has 0 heterocycles. The molecule has 1 unspecified atom stereocenters. The number of benzene rings is 2. The molecule has 0 fully saturated rings. The van der Waals surface area contributed by atoms with Gasteiger partial charge in [0.15, 0.2) is 0 Å². The van der Waals surface area contributed by atoms with E-state index in [0.29, 0.717) is 0 Å². The van der Waals surface area contributed by atoms with Gasteiger partial charge >= 0.3 is 6.09 Å². The maximum atomic E-state index is 10.9. The molecule has 4 heteroatoms. The Morgan fingerprint density at radius 2 is 2.05 bits per heavy atom. The highest BCUT2D eigenvalue weighted by molar-refractivity contribution is 5.68. The van der Waals surface area contributed by atoms with Crippen molar-refractivity contribution in [2.24, 2.45) is 0 Å². The molecule has 1 amide bonds. The second-order valence-corrected chi connectivity index (χ2v) is 5.54. The maximum Gasteiger partial charge on any atom is 0.405 e. The van der Waals surface area contributed by atoms with Gasteiger partial charge in [-0.05, 0) is 53.6 Å². The van der Waals surface area contributed by atoms with Crippen LogP contribution < -0.4 is 10.1 Å². The molecule has 0 aromatic heterocycles. The van der Waals surface area contributed by atoms with Crippen molar-refractivity contribution in [2.45, 2.75) is 25.3 Å². The van der Waals surface area contributed by atoms with Crippen molar-refractivity contribution in [2.75, 3.05) is 7.11 Å². The normalized spacial score (nSPS) is 16.7. The molecule has 2 N–H and O–H groups in total. The smallest absolute Gasteiger partial charge is 0.405 e. The Kier molecular flexibility index (Phi) is 4.00. The van der Waals surface area contributed by atoms with E-state index in [1.165, 1.54) is 5.56 Å². The SMILES string of the molecule is COc1cccc(-c2ccc3c(c2)CCCC3NC(=O)O)c1. The van der Waals surface area contributed by atoms with Crippen molar-refractivity contribution in [1.29, 1.82) is 0 Å². The maximum absolute atomic E-state index is 10.9. The Bertz CT molecular complexity index is 696. The summed E-state index contributed by atoms with van der Waals surface area (Å²) < 4.78 is 5.27. The molecule has 22 heavy (non-hydrogen) atoms. The van der Waals surface area contributed by atoms with Crippen LogP contribution in [0.15, 0.2) is 42.5 Å². The van der Waals surface area contributed by atoms with Crippen LogP contribution in [0.25, 0.3) is 11.1 Å². The molecule has 0 radical (unpaired) electrons. The number of amides is 1. The second kappa shape index (κ2) is 6.10. The van der Waals surface area contributed by atoms with E-state index in [2.05, 4.69) is 23.5 Å². The minimum absolute atomic E-state index is 0.0967. The molecule has 0 spiro atoms. The predicted molar refractivity (Wildman–Crippen MR) is 85.3 cm³/mol. The predicted octanol–water partition coefficient (Wildman–Crippen LogP) is 4.01. The molecular weight excluding hydrogens is 278 g/mol. The van der Waals surface area contributed by atoms with Crippen LogP contribution in [-0.4, -0.2) is 18.3 Å². The average Bonchev–Trinajstić information content (AvgIpc) is 2.54. The molecule has 2 aromatic carbocycles. The lowest BCUT2D eigenvalue weighted by Gasteiger charge is -2.26. The summed E-state index contributed by atoms with van der Waals surface area (Å²) in [5, 5.41) is 11.6. The first-order valence-electron chi connectivity index (χ1n) is 7.44. The quantitative estimate of drug-likeness (QED) is 0.900. The van der Waals surface area contributed by atoms with E-state index < -0.39 is 6.09 Å². The highest BCUT2D eigenvalue weighted by Gasteiger charge is 2.21. The number of rotatable bonds is 3. The van der Waals surface area contributed by atoms with E-state index in [1.54, 1.807) is 7.11 Å². The summed E-state index contributed by atoms with van der Waals surface area (Å²) in [6.07, 6.45) is 1.89. The first-order chi connectivity index (χ1) is 10.7. The Balaban J connectivity index is 1.94. The first kappa shape index (κ1) is 14.4. The molecule has 1 atom stereocenters. The number of nitrogens with one attached hydrogen (secondary N) is 1. The molecule has 0 saturated carbocycles. The molecule has 2 aromatic rings. The zero-order valence-electron chi connectivity index (χ0n) is 12.5. The van der Waals surface area contributed by atoms with Gasteiger partial charge in [-0.1, -0.05) is 30.3 Å². The topological polar surface area (TPSA) is 58.6 Å². The highest BCUT2D eigenvalue weighted by Crippen LogP contribution is 2.33. The third-order valence-electron chi connectivity index (χ3n) is 4.16. The van der Waals surface area contributed by atoms with Crippen LogP contribution in [0, 0.1) is 0 Å². The Morgan fingerprint density at radius 1 is 1.23 bits per heavy atom. The van der Waals surface area contributed by atoms with Gasteiger partial charge in [-0.15, -0.1) is 0 Å². The Hall–Kier alpha value is -2.49. The van der Waals surface area contributed by atoms with Gasteiger partial charge in [-0.2, -0.15) is 0 Å². The molecule has 0 aliphatic heterocycles. The van der Waals surface area contributed by atoms with Crippen LogP contribution in [0.2, 0.25) is 0 Å². The molecule has 114 valence electrons. The first-order valence-corrected chi connectivity index (χ1v) is 7.44. The van der Waals surface area contributed by atoms with Crippen molar-refractivity contribution in [1.82, 2.24) is 5.32 Å². The van der Waals surface area contributed by atoms with E-state index in [4.69, 9.17) is 9.84 Å². The van der Waals surface area contributed by atoms with Gasteiger partial charge < -0.3 is 15.2 Å². The molecule has 0 saturated heterocycles. The van der Waals surface area contributed by atoms with Gasteiger partial charge in [-0.25, -0.2) is 4.79 Å². The van der Waals surface area contributed by atoms with Gasteiger partial charge in [0.1, 0.15) is 5.75 Å². The standard InChI is InChI=1S/C18H19NO3/c1-22-15-6-2-4-12(11-15)13-8-9-16-14(10-13)5-3-7-17(16)19-18(20)21/h2,4,6,8-11,17,19H,3,5,7H2,1H3,(H,20,21). The lowest BCUT2D eigenvalue weighted by atomic mass is 9.86. The van der Waals surface area contributed by atoms with Crippen LogP contribution >= 0.6 is 0 Å². The van der Waals surface area contributed by atoms with E-state index in [0.717, 1.165) is 41.7 Å². The van der Waals surface area contributed by atoms with Gasteiger partial charge in [0, 0.05) is 0 Å². The number of methoxy groups -OCH3 is 1. The molecule has 4 nitrogen and oxygen atoms in total. The summed E-state index contributed by atoms with van der Waals surface area (Å²) in [4.78, 5) is 10.9. The van der Waals surface area contributed by atoms with Gasteiger partial charge in [-0.3, -0.25) is 0 Å². The number of hydrogen-bond acceptors (Lipinski definition) is 2. The van der Waals surface area contributed by atoms with Crippen molar-refractivity contribution >= 4 is 6.09 Å². The fourth-order valence-corrected chi connectivity index (χ4v) is 3.10. The van der Waals surface area contributed by atoms with E-state index in [-0.39, 0.29) is 6.04 Å². The van der Waals surface area contributed by atoms with Crippen molar-refractivity contribution in [3.8, 4) is 16.9 Å². The molecule has 1 aliphatic rings. The fraction of sp³-hybridized carbons (Fsp3) is 0.278. The Morgan fingerprint density at radius 3 is 2.82 bits per heavy atom. The van der Waals surface area contributed by atoms with Crippen LogP contribution in [0.1, 0.15) is 30.0 Å². The molecule has 3 rings (SSSR count). The van der Waals surface area contributed by atoms with Crippen LogP contribution in [0.3, 0.4) is 0 Å². The Labute approximate surface area is 129 Å². The average molecular weight is 297 g/mol. The van der Waals surface area contributed by atoms with Crippen LogP contribution in [-0.2, 0) is 6.42 Å². The van der Waals surface area contributed by atoms with Crippen LogP contribution in [0.5, 0.6) is 5.75 Å². The molecule has 0 bridgehead atoms.